The van der Waals surface area contributed by atoms with E-state index < -0.39 is 0 Å². The minimum atomic E-state index is 0.732. The summed E-state index contributed by atoms with van der Waals surface area (Å²) in [7, 11) is 0. The molecule has 0 saturated heterocycles. The highest BCUT2D eigenvalue weighted by Gasteiger charge is 2.03. The van der Waals surface area contributed by atoms with Gasteiger partial charge in [0.1, 0.15) is 6.33 Å². The lowest BCUT2D eigenvalue weighted by molar-refractivity contribution is 0.602. The van der Waals surface area contributed by atoms with Crippen molar-refractivity contribution in [2.24, 2.45) is 0 Å². The van der Waals surface area contributed by atoms with Gasteiger partial charge in [0.15, 0.2) is 5.82 Å². The number of benzene rings is 1. The van der Waals surface area contributed by atoms with Crippen LogP contribution in [0.25, 0.3) is 11.4 Å². The molecule has 4 heteroatoms. The molecule has 0 atom stereocenters. The third-order valence-corrected chi connectivity index (χ3v) is 2.13. The smallest absolute Gasteiger partial charge is 0.181 e. The molecule has 15 heavy (non-hydrogen) atoms. The van der Waals surface area contributed by atoms with E-state index in [-0.39, 0.29) is 0 Å². The van der Waals surface area contributed by atoms with Crippen LogP contribution in [-0.2, 0) is 6.54 Å². The maximum Gasteiger partial charge on any atom is 0.181 e. The van der Waals surface area contributed by atoms with Crippen molar-refractivity contribution in [2.45, 2.75) is 19.9 Å². The molecule has 0 aliphatic rings. The van der Waals surface area contributed by atoms with Gasteiger partial charge in [0.05, 0.1) is 0 Å². The number of nitrogen functional groups attached to an aromatic ring is 1. The van der Waals surface area contributed by atoms with Crippen LogP contribution in [0.4, 0.5) is 5.69 Å². The van der Waals surface area contributed by atoms with Gasteiger partial charge in [-0.2, -0.15) is 5.10 Å². The van der Waals surface area contributed by atoms with Gasteiger partial charge in [0, 0.05) is 17.8 Å². The van der Waals surface area contributed by atoms with E-state index in [0.29, 0.717) is 0 Å². The Labute approximate surface area is 88.8 Å². The average molecular weight is 202 g/mol. The van der Waals surface area contributed by atoms with Crippen LogP contribution in [0.1, 0.15) is 13.3 Å². The lowest BCUT2D eigenvalue weighted by atomic mass is 10.2. The number of nitrogens with two attached hydrogens (primary N) is 1. The second kappa shape index (κ2) is 4.13. The number of rotatable bonds is 3. The maximum absolute atomic E-state index is 5.70. The average Bonchev–Trinajstić information content (AvgIpc) is 2.67. The van der Waals surface area contributed by atoms with Crippen molar-refractivity contribution in [3.05, 3.63) is 30.6 Å². The monoisotopic (exact) mass is 202 g/mol. The van der Waals surface area contributed by atoms with E-state index in [0.717, 1.165) is 30.0 Å². The van der Waals surface area contributed by atoms with Gasteiger partial charge in [-0.1, -0.05) is 19.1 Å². The molecule has 1 heterocycles. The van der Waals surface area contributed by atoms with Crippen molar-refractivity contribution in [3.63, 3.8) is 0 Å². The first kappa shape index (κ1) is 9.71. The van der Waals surface area contributed by atoms with Gasteiger partial charge in [-0.15, -0.1) is 0 Å². The van der Waals surface area contributed by atoms with Gasteiger partial charge < -0.3 is 5.73 Å². The van der Waals surface area contributed by atoms with Gasteiger partial charge >= 0.3 is 0 Å². The van der Waals surface area contributed by atoms with Crippen molar-refractivity contribution < 1.29 is 0 Å². The molecular formula is C11H14N4. The predicted octanol–water partition coefficient (Wildman–Crippen LogP) is 1.94. The van der Waals surface area contributed by atoms with E-state index in [2.05, 4.69) is 17.0 Å². The van der Waals surface area contributed by atoms with Crippen molar-refractivity contribution in [2.75, 3.05) is 5.73 Å². The normalized spacial score (nSPS) is 10.5. The standard InChI is InChI=1S/C11H14N4/c1-2-6-15-8-13-11(14-15)9-4-3-5-10(12)7-9/h3-5,7-8H,2,6,12H2,1H3. The third-order valence-electron chi connectivity index (χ3n) is 2.13. The van der Waals surface area contributed by atoms with Crippen molar-refractivity contribution in [3.8, 4) is 11.4 Å². The van der Waals surface area contributed by atoms with Crippen LogP contribution in [0.15, 0.2) is 30.6 Å². The van der Waals surface area contributed by atoms with Gasteiger partial charge in [0.2, 0.25) is 0 Å². The molecule has 0 aliphatic heterocycles. The zero-order valence-corrected chi connectivity index (χ0v) is 8.72. The van der Waals surface area contributed by atoms with Crippen LogP contribution in [-0.4, -0.2) is 14.8 Å². The van der Waals surface area contributed by atoms with Crippen LogP contribution in [0.3, 0.4) is 0 Å². The zero-order chi connectivity index (χ0) is 10.7. The van der Waals surface area contributed by atoms with Crippen molar-refractivity contribution in [1.29, 1.82) is 0 Å². The maximum atomic E-state index is 5.70. The summed E-state index contributed by atoms with van der Waals surface area (Å²) in [6.45, 7) is 3.01. The Morgan fingerprint density at radius 3 is 3.00 bits per heavy atom. The molecule has 4 nitrogen and oxygen atoms in total. The molecule has 2 rings (SSSR count). The Kier molecular flexibility index (Phi) is 2.67. The molecule has 1 aromatic heterocycles. The highest BCUT2D eigenvalue weighted by Crippen LogP contribution is 2.16. The summed E-state index contributed by atoms with van der Waals surface area (Å²) in [5.74, 6) is 0.732. The number of aromatic nitrogens is 3. The molecular weight excluding hydrogens is 188 g/mol. The largest absolute Gasteiger partial charge is 0.399 e. The Morgan fingerprint density at radius 1 is 1.40 bits per heavy atom. The van der Waals surface area contributed by atoms with Gasteiger partial charge in [-0.3, -0.25) is 4.68 Å². The lowest BCUT2D eigenvalue weighted by Crippen LogP contribution is -1.96. The Hall–Kier alpha value is -1.84. The molecule has 0 radical (unpaired) electrons. The first-order chi connectivity index (χ1) is 7.29. The van der Waals surface area contributed by atoms with E-state index in [9.17, 15) is 0 Å². The predicted molar refractivity (Wildman–Crippen MR) is 60.2 cm³/mol. The van der Waals surface area contributed by atoms with Crippen LogP contribution in [0.2, 0.25) is 0 Å². The summed E-state index contributed by atoms with van der Waals surface area (Å²) in [4.78, 5) is 4.24. The number of anilines is 1. The molecule has 0 saturated carbocycles. The summed E-state index contributed by atoms with van der Waals surface area (Å²) < 4.78 is 1.85. The molecule has 2 N–H and O–H groups in total. The molecule has 1 aromatic carbocycles. The van der Waals surface area contributed by atoms with E-state index >= 15 is 0 Å². The first-order valence-electron chi connectivity index (χ1n) is 5.05. The van der Waals surface area contributed by atoms with E-state index in [1.165, 1.54) is 0 Å². The van der Waals surface area contributed by atoms with E-state index in [1.807, 2.05) is 28.9 Å². The third kappa shape index (κ3) is 2.15. The fourth-order valence-corrected chi connectivity index (χ4v) is 1.44. The fraction of sp³-hybridized carbons (Fsp3) is 0.273. The first-order valence-corrected chi connectivity index (χ1v) is 5.05. The van der Waals surface area contributed by atoms with Crippen molar-refractivity contribution >= 4 is 5.69 Å². The molecule has 0 fully saturated rings. The van der Waals surface area contributed by atoms with Crippen molar-refractivity contribution in [1.82, 2.24) is 14.8 Å². The Morgan fingerprint density at radius 2 is 2.27 bits per heavy atom. The zero-order valence-electron chi connectivity index (χ0n) is 8.72. The fourth-order valence-electron chi connectivity index (χ4n) is 1.44. The number of aryl methyl sites for hydroxylation is 1. The Bertz CT molecular complexity index is 447. The SMILES string of the molecule is CCCn1cnc(-c2cccc(N)c2)n1. The molecule has 0 amide bonds. The quantitative estimate of drug-likeness (QED) is 0.774. The molecule has 0 aliphatic carbocycles. The minimum absolute atomic E-state index is 0.732. The number of nitrogens with zero attached hydrogens (tertiary/aromatic N) is 3. The van der Waals surface area contributed by atoms with E-state index in [1.54, 1.807) is 6.33 Å². The summed E-state index contributed by atoms with van der Waals surface area (Å²) >= 11 is 0. The second-order valence-electron chi connectivity index (χ2n) is 3.46. The van der Waals surface area contributed by atoms with Gasteiger partial charge in [0.25, 0.3) is 0 Å². The molecule has 0 spiro atoms. The second-order valence-corrected chi connectivity index (χ2v) is 3.46. The summed E-state index contributed by atoms with van der Waals surface area (Å²) in [5, 5.41) is 4.36. The number of hydrogen-bond donors (Lipinski definition) is 1. The Balaban J connectivity index is 2.29. The number of hydrogen-bond acceptors (Lipinski definition) is 3. The van der Waals surface area contributed by atoms with Crippen LogP contribution < -0.4 is 5.73 Å². The lowest BCUT2D eigenvalue weighted by Gasteiger charge is -1.97. The van der Waals surface area contributed by atoms with E-state index in [4.69, 9.17) is 5.73 Å². The molecule has 0 bridgehead atoms. The highest BCUT2D eigenvalue weighted by atomic mass is 15.3. The molecule has 2 aromatic rings. The topological polar surface area (TPSA) is 56.7 Å². The molecule has 78 valence electrons. The summed E-state index contributed by atoms with van der Waals surface area (Å²) in [6.07, 6.45) is 2.81. The minimum Gasteiger partial charge on any atom is -0.399 e. The summed E-state index contributed by atoms with van der Waals surface area (Å²) in [6, 6.07) is 7.60. The summed E-state index contributed by atoms with van der Waals surface area (Å²) in [5.41, 5.74) is 7.40. The van der Waals surface area contributed by atoms with Crippen LogP contribution in [0, 0.1) is 0 Å². The van der Waals surface area contributed by atoms with Gasteiger partial charge in [-0.25, -0.2) is 4.98 Å². The molecule has 0 unspecified atom stereocenters. The van der Waals surface area contributed by atoms with Crippen LogP contribution >= 0.6 is 0 Å². The highest BCUT2D eigenvalue weighted by molar-refractivity contribution is 5.60. The van der Waals surface area contributed by atoms with Gasteiger partial charge in [-0.05, 0) is 18.6 Å². The van der Waals surface area contributed by atoms with Crippen LogP contribution in [0.5, 0.6) is 0 Å².